The van der Waals surface area contributed by atoms with Crippen molar-refractivity contribution in [1.29, 1.82) is 0 Å². The molecule has 1 aliphatic carbocycles. The maximum Gasteiger partial charge on any atom is 0.0597 e. The zero-order chi connectivity index (χ0) is 8.39. The van der Waals surface area contributed by atoms with Crippen LogP contribution in [0.5, 0.6) is 0 Å². The van der Waals surface area contributed by atoms with Crippen LogP contribution in [0.15, 0.2) is 0 Å². The number of rotatable bonds is 2. The minimum Gasteiger partial charge on any atom is -0.305 e. The molecule has 0 spiro atoms. The Morgan fingerprint density at radius 2 is 1.83 bits per heavy atom. The third-order valence-electron chi connectivity index (χ3n) is 3.42. The molecule has 12 heavy (non-hydrogen) atoms. The van der Waals surface area contributed by atoms with E-state index in [9.17, 15) is 0 Å². The van der Waals surface area contributed by atoms with E-state index in [2.05, 4.69) is 17.3 Å². The predicted molar refractivity (Wildman–Crippen MR) is 51.0 cm³/mol. The highest BCUT2D eigenvalue weighted by Gasteiger charge is 2.30. The molecule has 2 rings (SSSR count). The second-order valence-electron chi connectivity index (χ2n) is 4.12. The average Bonchev–Trinajstić information content (AvgIpc) is 2.74. The monoisotopic (exact) mass is 168 g/mol. The van der Waals surface area contributed by atoms with Crippen LogP contribution in [0.3, 0.4) is 0 Å². The Kier molecular flexibility index (Phi) is 2.66. The fraction of sp³-hybridized carbons (Fsp3) is 1.00. The fourth-order valence-electron chi connectivity index (χ4n) is 2.77. The lowest BCUT2D eigenvalue weighted by Crippen LogP contribution is -2.44. The van der Waals surface area contributed by atoms with E-state index < -0.39 is 0 Å². The van der Waals surface area contributed by atoms with Crippen LogP contribution in [0.2, 0.25) is 0 Å². The van der Waals surface area contributed by atoms with Gasteiger partial charge in [0.25, 0.3) is 0 Å². The molecule has 0 amide bonds. The maximum absolute atomic E-state index is 3.42. The zero-order valence-electron chi connectivity index (χ0n) is 8.05. The molecule has 1 unspecified atom stereocenters. The summed E-state index contributed by atoms with van der Waals surface area (Å²) in [5, 5.41) is 3.42. The van der Waals surface area contributed by atoms with Crippen LogP contribution in [-0.2, 0) is 0 Å². The molecule has 1 heterocycles. The van der Waals surface area contributed by atoms with E-state index in [0.717, 1.165) is 6.04 Å². The Balaban J connectivity index is 1.92. The van der Waals surface area contributed by atoms with Gasteiger partial charge in [-0.05, 0) is 32.7 Å². The van der Waals surface area contributed by atoms with Gasteiger partial charge in [0.05, 0.1) is 6.17 Å². The van der Waals surface area contributed by atoms with E-state index >= 15 is 0 Å². The van der Waals surface area contributed by atoms with E-state index in [1.165, 1.54) is 45.1 Å². The van der Waals surface area contributed by atoms with Gasteiger partial charge in [0.15, 0.2) is 0 Å². The van der Waals surface area contributed by atoms with Gasteiger partial charge in [0.2, 0.25) is 0 Å². The number of nitrogens with one attached hydrogen (secondary N) is 1. The minimum absolute atomic E-state index is 0.688. The van der Waals surface area contributed by atoms with Gasteiger partial charge in [-0.1, -0.05) is 12.8 Å². The van der Waals surface area contributed by atoms with Crippen LogP contribution in [0.25, 0.3) is 0 Å². The normalized spacial score (nSPS) is 33.2. The van der Waals surface area contributed by atoms with Gasteiger partial charge < -0.3 is 5.32 Å². The van der Waals surface area contributed by atoms with E-state index in [1.54, 1.807) is 0 Å². The molecule has 0 radical (unpaired) electrons. The first-order chi connectivity index (χ1) is 5.92. The van der Waals surface area contributed by atoms with Crippen molar-refractivity contribution < 1.29 is 0 Å². The minimum atomic E-state index is 0.688. The Morgan fingerprint density at radius 3 is 2.50 bits per heavy atom. The lowest BCUT2D eigenvalue weighted by Gasteiger charge is -2.29. The third-order valence-corrected chi connectivity index (χ3v) is 3.42. The summed E-state index contributed by atoms with van der Waals surface area (Å²) < 4.78 is 0. The molecule has 1 N–H and O–H groups in total. The molecule has 0 aromatic rings. The Labute approximate surface area is 75.3 Å². The summed E-state index contributed by atoms with van der Waals surface area (Å²) in [7, 11) is 2.10. The van der Waals surface area contributed by atoms with Crippen LogP contribution in [-0.4, -0.2) is 30.7 Å². The first kappa shape index (κ1) is 8.52. The number of likely N-dealkylation sites (tertiary alicyclic amines) is 1. The smallest absolute Gasteiger partial charge is 0.0597 e. The maximum atomic E-state index is 3.42. The highest BCUT2D eigenvalue weighted by atomic mass is 15.3. The van der Waals surface area contributed by atoms with Crippen molar-refractivity contribution in [3.8, 4) is 0 Å². The molecular formula is C10H20N2. The van der Waals surface area contributed by atoms with Gasteiger partial charge in [-0.3, -0.25) is 4.90 Å². The van der Waals surface area contributed by atoms with Gasteiger partial charge in [-0.15, -0.1) is 0 Å². The number of hydrogen-bond donors (Lipinski definition) is 1. The molecule has 1 saturated carbocycles. The molecular weight excluding hydrogens is 148 g/mol. The lowest BCUT2D eigenvalue weighted by atomic mass is 10.2. The molecule has 2 heteroatoms. The second-order valence-corrected chi connectivity index (χ2v) is 4.12. The quantitative estimate of drug-likeness (QED) is 0.673. The molecule has 2 aliphatic rings. The van der Waals surface area contributed by atoms with E-state index in [0.29, 0.717) is 6.17 Å². The zero-order valence-corrected chi connectivity index (χ0v) is 8.05. The number of nitrogens with zero attached hydrogens (tertiary/aromatic N) is 1. The predicted octanol–water partition coefficient (Wildman–Crippen LogP) is 1.57. The molecule has 0 aromatic heterocycles. The van der Waals surface area contributed by atoms with Gasteiger partial charge in [0, 0.05) is 12.6 Å². The van der Waals surface area contributed by atoms with Crippen molar-refractivity contribution >= 4 is 0 Å². The molecule has 0 aromatic carbocycles. The van der Waals surface area contributed by atoms with Crippen LogP contribution >= 0.6 is 0 Å². The summed E-state index contributed by atoms with van der Waals surface area (Å²) >= 11 is 0. The Morgan fingerprint density at radius 1 is 1.08 bits per heavy atom. The van der Waals surface area contributed by atoms with Crippen LogP contribution in [0, 0.1) is 0 Å². The molecule has 2 nitrogen and oxygen atoms in total. The molecule has 2 fully saturated rings. The highest BCUT2D eigenvalue weighted by molar-refractivity contribution is 4.85. The van der Waals surface area contributed by atoms with E-state index in [1.807, 2.05) is 0 Å². The van der Waals surface area contributed by atoms with E-state index in [4.69, 9.17) is 0 Å². The number of hydrogen-bond acceptors (Lipinski definition) is 2. The largest absolute Gasteiger partial charge is 0.305 e. The fourth-order valence-corrected chi connectivity index (χ4v) is 2.77. The van der Waals surface area contributed by atoms with Crippen molar-refractivity contribution in [2.45, 2.75) is 50.7 Å². The van der Waals surface area contributed by atoms with Crippen molar-refractivity contribution in [2.75, 3.05) is 13.6 Å². The van der Waals surface area contributed by atoms with Crippen molar-refractivity contribution in [2.24, 2.45) is 0 Å². The summed E-state index contributed by atoms with van der Waals surface area (Å²) in [6.07, 6.45) is 9.23. The summed E-state index contributed by atoms with van der Waals surface area (Å²) in [6, 6.07) is 0.907. The van der Waals surface area contributed by atoms with Crippen molar-refractivity contribution in [3.63, 3.8) is 0 Å². The molecule has 0 bridgehead atoms. The van der Waals surface area contributed by atoms with Crippen LogP contribution in [0.1, 0.15) is 38.5 Å². The second kappa shape index (κ2) is 3.75. The van der Waals surface area contributed by atoms with Crippen molar-refractivity contribution in [3.05, 3.63) is 0 Å². The molecule has 1 atom stereocenters. The standard InChI is InChI=1S/C10H20N2/c1-11-10-7-4-8-12(10)9-5-2-3-6-9/h9-11H,2-8H2,1H3. The SMILES string of the molecule is CNC1CCCN1C1CCCC1. The van der Waals surface area contributed by atoms with Crippen molar-refractivity contribution in [1.82, 2.24) is 10.2 Å². The van der Waals surface area contributed by atoms with Crippen LogP contribution < -0.4 is 5.32 Å². The Hall–Kier alpha value is -0.0800. The molecule has 1 aliphatic heterocycles. The summed E-state index contributed by atoms with van der Waals surface area (Å²) in [4.78, 5) is 2.69. The first-order valence-corrected chi connectivity index (χ1v) is 5.35. The average molecular weight is 168 g/mol. The topological polar surface area (TPSA) is 15.3 Å². The van der Waals surface area contributed by atoms with Gasteiger partial charge >= 0.3 is 0 Å². The highest BCUT2D eigenvalue weighted by Crippen LogP contribution is 2.28. The third kappa shape index (κ3) is 1.50. The lowest BCUT2D eigenvalue weighted by molar-refractivity contribution is 0.163. The Bertz CT molecular complexity index is 141. The van der Waals surface area contributed by atoms with Gasteiger partial charge in [0.1, 0.15) is 0 Å². The van der Waals surface area contributed by atoms with Gasteiger partial charge in [-0.25, -0.2) is 0 Å². The summed E-state index contributed by atoms with van der Waals surface area (Å²) in [6.45, 7) is 1.33. The van der Waals surface area contributed by atoms with E-state index in [-0.39, 0.29) is 0 Å². The molecule has 70 valence electrons. The summed E-state index contributed by atoms with van der Waals surface area (Å²) in [5.41, 5.74) is 0. The first-order valence-electron chi connectivity index (χ1n) is 5.35. The molecule has 1 saturated heterocycles. The summed E-state index contributed by atoms with van der Waals surface area (Å²) in [5.74, 6) is 0. The van der Waals surface area contributed by atoms with Gasteiger partial charge in [-0.2, -0.15) is 0 Å². The van der Waals surface area contributed by atoms with Crippen LogP contribution in [0.4, 0.5) is 0 Å².